The number of nitro benzene ring substituents is 1. The van der Waals surface area contributed by atoms with Crippen LogP contribution in [0.15, 0.2) is 48.9 Å². The fourth-order valence-electron chi connectivity index (χ4n) is 1.78. The molecule has 2 aromatic rings. The monoisotopic (exact) mass is 549 g/mol. The lowest BCUT2D eigenvalue weighted by Crippen LogP contribution is -2.24. The highest BCUT2D eigenvalue weighted by atomic mass is 79.9. The molecule has 0 fully saturated rings. The summed E-state index contributed by atoms with van der Waals surface area (Å²) in [4.78, 5) is 21.8. The van der Waals surface area contributed by atoms with Gasteiger partial charge in [-0.3, -0.25) is 14.9 Å². The maximum atomic E-state index is 11.8. The first kappa shape index (κ1) is 20.3. The first-order valence-electron chi connectivity index (χ1n) is 6.84. The Labute approximate surface area is 172 Å². The molecule has 2 aromatic carbocycles. The molecule has 0 aromatic heterocycles. The average molecular weight is 552 g/mol. The first-order valence-corrected chi connectivity index (χ1v) is 9.22. The van der Waals surface area contributed by atoms with Gasteiger partial charge in [-0.2, -0.15) is 5.10 Å². The number of nitrogens with zero attached hydrogens (tertiary/aromatic N) is 2. The normalized spacial score (nSPS) is 10.7. The second kappa shape index (κ2) is 9.10. The number of phenolic OH excluding ortho intramolecular Hbond substituents is 1. The Morgan fingerprint density at radius 2 is 1.92 bits per heavy atom. The zero-order valence-electron chi connectivity index (χ0n) is 12.8. The number of hydrogen-bond donors (Lipinski definition) is 2. The predicted octanol–water partition coefficient (Wildman–Crippen LogP) is 4.12. The van der Waals surface area contributed by atoms with Crippen molar-refractivity contribution in [1.29, 1.82) is 0 Å². The standard InChI is InChI=1S/C15H10Br3N3O5/c16-9-4-10(17)15(11(18)5-9)26-7-14(23)20-19-6-8-1-2-13(22)12(3-8)21(24)25/h1-6,22H,7H2,(H,20,23)/b19-6-. The van der Waals surface area contributed by atoms with E-state index < -0.39 is 22.3 Å². The summed E-state index contributed by atoms with van der Waals surface area (Å²) >= 11 is 10.00. The van der Waals surface area contributed by atoms with E-state index in [4.69, 9.17) is 4.74 Å². The molecule has 0 aliphatic carbocycles. The van der Waals surface area contributed by atoms with E-state index in [1.54, 1.807) is 12.1 Å². The van der Waals surface area contributed by atoms with Gasteiger partial charge in [-0.25, -0.2) is 5.43 Å². The van der Waals surface area contributed by atoms with Crippen molar-refractivity contribution in [2.45, 2.75) is 0 Å². The van der Waals surface area contributed by atoms with E-state index in [0.717, 1.165) is 10.5 Å². The molecule has 0 heterocycles. The number of benzene rings is 2. The minimum atomic E-state index is -0.715. The fraction of sp³-hybridized carbons (Fsp3) is 0.0667. The molecule has 8 nitrogen and oxygen atoms in total. The Bertz CT molecular complexity index is 866. The van der Waals surface area contributed by atoms with Gasteiger partial charge in [0.1, 0.15) is 5.75 Å². The SMILES string of the molecule is O=C(COc1c(Br)cc(Br)cc1Br)N/N=C\c1ccc(O)c([N+](=O)[O-])c1. The van der Waals surface area contributed by atoms with Crippen molar-refractivity contribution >= 4 is 65.6 Å². The van der Waals surface area contributed by atoms with Crippen LogP contribution < -0.4 is 10.2 Å². The number of nitro groups is 1. The number of hydrogen-bond acceptors (Lipinski definition) is 6. The number of amides is 1. The number of nitrogens with one attached hydrogen (secondary N) is 1. The van der Waals surface area contributed by atoms with Crippen molar-refractivity contribution in [2.24, 2.45) is 5.10 Å². The molecular formula is C15H10Br3N3O5. The molecule has 0 radical (unpaired) electrons. The number of aromatic hydroxyl groups is 1. The van der Waals surface area contributed by atoms with E-state index in [1.165, 1.54) is 18.3 Å². The molecule has 0 aliphatic rings. The number of phenols is 1. The predicted molar refractivity (Wildman–Crippen MR) is 106 cm³/mol. The Balaban J connectivity index is 1.94. The number of halogens is 3. The van der Waals surface area contributed by atoms with Gasteiger partial charge in [0, 0.05) is 16.1 Å². The number of rotatable bonds is 6. The molecule has 2 N–H and O–H groups in total. The van der Waals surface area contributed by atoms with E-state index in [2.05, 4.69) is 58.3 Å². The lowest BCUT2D eigenvalue weighted by atomic mass is 10.2. The molecular weight excluding hydrogens is 542 g/mol. The second-order valence-corrected chi connectivity index (χ2v) is 7.41. The van der Waals surface area contributed by atoms with Crippen LogP contribution in [0.3, 0.4) is 0 Å². The highest BCUT2D eigenvalue weighted by Gasteiger charge is 2.13. The lowest BCUT2D eigenvalue weighted by Gasteiger charge is -2.09. The lowest BCUT2D eigenvalue weighted by molar-refractivity contribution is -0.385. The molecule has 0 unspecified atom stereocenters. The Morgan fingerprint density at radius 3 is 2.54 bits per heavy atom. The molecule has 0 saturated heterocycles. The van der Waals surface area contributed by atoms with Gasteiger partial charge in [0.15, 0.2) is 12.4 Å². The van der Waals surface area contributed by atoms with Crippen LogP contribution in [0.1, 0.15) is 5.56 Å². The van der Waals surface area contributed by atoms with Gasteiger partial charge in [0.05, 0.1) is 20.1 Å². The Kier molecular flexibility index (Phi) is 7.12. The molecule has 11 heteroatoms. The Hall–Kier alpha value is -1.98. The van der Waals surface area contributed by atoms with Gasteiger partial charge in [-0.05, 0) is 56.1 Å². The molecule has 0 aliphatic heterocycles. The maximum Gasteiger partial charge on any atom is 0.311 e. The summed E-state index contributed by atoms with van der Waals surface area (Å²) in [6.45, 7) is -0.286. The van der Waals surface area contributed by atoms with E-state index in [-0.39, 0.29) is 6.61 Å². The van der Waals surface area contributed by atoms with Gasteiger partial charge < -0.3 is 9.84 Å². The van der Waals surface area contributed by atoms with Crippen LogP contribution in [-0.2, 0) is 4.79 Å². The highest BCUT2D eigenvalue weighted by molar-refractivity contribution is 9.11. The van der Waals surface area contributed by atoms with Crippen LogP contribution in [0.2, 0.25) is 0 Å². The minimum absolute atomic E-state index is 0.286. The molecule has 0 bridgehead atoms. The molecule has 2 rings (SSSR count). The van der Waals surface area contributed by atoms with E-state index in [9.17, 15) is 20.0 Å². The minimum Gasteiger partial charge on any atom is -0.502 e. The molecule has 1 amide bonds. The summed E-state index contributed by atoms with van der Waals surface area (Å²) in [5.74, 6) is -0.507. The zero-order chi connectivity index (χ0) is 19.3. The molecule has 0 saturated carbocycles. The van der Waals surface area contributed by atoms with Crippen molar-refractivity contribution in [3.05, 3.63) is 59.4 Å². The van der Waals surface area contributed by atoms with E-state index in [1.807, 2.05) is 0 Å². The second-order valence-electron chi connectivity index (χ2n) is 4.79. The maximum absolute atomic E-state index is 11.8. The van der Waals surface area contributed by atoms with Crippen LogP contribution in [0.5, 0.6) is 11.5 Å². The van der Waals surface area contributed by atoms with Gasteiger partial charge in [0.2, 0.25) is 0 Å². The quantitative estimate of drug-likeness (QED) is 0.318. The van der Waals surface area contributed by atoms with Gasteiger partial charge >= 0.3 is 5.69 Å². The van der Waals surface area contributed by atoms with Crippen LogP contribution >= 0.6 is 47.8 Å². The van der Waals surface area contributed by atoms with Crippen molar-refractivity contribution in [3.8, 4) is 11.5 Å². The van der Waals surface area contributed by atoms with Crippen molar-refractivity contribution in [3.63, 3.8) is 0 Å². The van der Waals surface area contributed by atoms with Crippen LogP contribution in [0, 0.1) is 10.1 Å². The average Bonchev–Trinajstić information content (AvgIpc) is 2.55. The molecule has 0 spiro atoms. The van der Waals surface area contributed by atoms with Gasteiger partial charge in [0.25, 0.3) is 5.91 Å². The summed E-state index contributed by atoms with van der Waals surface area (Å²) < 4.78 is 7.58. The number of ether oxygens (including phenoxy) is 1. The summed E-state index contributed by atoms with van der Waals surface area (Å²) in [5, 5.41) is 23.8. The topological polar surface area (TPSA) is 114 Å². The number of hydrazone groups is 1. The van der Waals surface area contributed by atoms with Crippen LogP contribution in [0.25, 0.3) is 0 Å². The first-order chi connectivity index (χ1) is 12.3. The van der Waals surface area contributed by atoms with Crippen LogP contribution in [0.4, 0.5) is 5.69 Å². The van der Waals surface area contributed by atoms with Gasteiger partial charge in [-0.15, -0.1) is 0 Å². The largest absolute Gasteiger partial charge is 0.502 e. The highest BCUT2D eigenvalue weighted by Crippen LogP contribution is 2.36. The smallest absolute Gasteiger partial charge is 0.311 e. The number of carbonyl (C=O) groups excluding carboxylic acids is 1. The third kappa shape index (κ3) is 5.51. The van der Waals surface area contributed by atoms with Gasteiger partial charge in [-0.1, -0.05) is 15.9 Å². The molecule has 26 heavy (non-hydrogen) atoms. The third-order valence-electron chi connectivity index (χ3n) is 2.91. The fourth-order valence-corrected chi connectivity index (χ4v) is 4.27. The van der Waals surface area contributed by atoms with E-state index >= 15 is 0 Å². The summed E-state index contributed by atoms with van der Waals surface area (Å²) in [6.07, 6.45) is 1.22. The number of carbonyl (C=O) groups is 1. The zero-order valence-corrected chi connectivity index (χ0v) is 17.5. The van der Waals surface area contributed by atoms with Crippen molar-refractivity contribution < 1.29 is 19.6 Å². The summed E-state index contributed by atoms with van der Waals surface area (Å²) in [7, 11) is 0. The third-order valence-corrected chi connectivity index (χ3v) is 4.55. The van der Waals surface area contributed by atoms with E-state index in [0.29, 0.717) is 20.3 Å². The molecule has 0 atom stereocenters. The van der Waals surface area contributed by atoms with Crippen LogP contribution in [-0.4, -0.2) is 28.8 Å². The van der Waals surface area contributed by atoms with Crippen molar-refractivity contribution in [2.75, 3.05) is 6.61 Å². The Morgan fingerprint density at radius 1 is 1.27 bits per heavy atom. The summed E-state index contributed by atoms with van der Waals surface area (Å²) in [6, 6.07) is 7.27. The summed E-state index contributed by atoms with van der Waals surface area (Å²) in [5.41, 5.74) is 2.14. The van der Waals surface area contributed by atoms with Crippen molar-refractivity contribution in [1.82, 2.24) is 5.43 Å². The molecule has 136 valence electrons.